The Hall–Kier alpha value is -0.340. The van der Waals surface area contributed by atoms with E-state index in [1.54, 1.807) is 0 Å². The van der Waals surface area contributed by atoms with E-state index in [1.165, 1.54) is 70.6 Å². The molecule has 0 saturated carbocycles. The first kappa shape index (κ1) is 19.7. The van der Waals surface area contributed by atoms with Crippen molar-refractivity contribution < 1.29 is 5.11 Å². The van der Waals surface area contributed by atoms with E-state index in [4.69, 9.17) is 5.73 Å². The Balaban J connectivity index is 3.09. The lowest BCUT2D eigenvalue weighted by atomic mass is 10.1. The molecular weight excluding hydrogens is 246 g/mol. The van der Waals surface area contributed by atoms with Crippen LogP contribution < -0.4 is 5.73 Å². The average molecular weight is 284 g/mol. The molecule has 0 amide bonds. The van der Waals surface area contributed by atoms with E-state index >= 15 is 0 Å². The summed E-state index contributed by atoms with van der Waals surface area (Å²) in [5, 5.41) is 9.31. The van der Waals surface area contributed by atoms with Crippen LogP contribution in [0.1, 0.15) is 90.4 Å². The molecule has 1 unspecified atom stereocenters. The Labute approximate surface area is 126 Å². The summed E-state index contributed by atoms with van der Waals surface area (Å²) in [7, 11) is 0. The zero-order valence-corrected chi connectivity index (χ0v) is 13.7. The molecule has 20 heavy (non-hydrogen) atoms. The second kappa shape index (κ2) is 16.7. The molecular formula is C18H37NO. The summed E-state index contributed by atoms with van der Waals surface area (Å²) in [6, 6.07) is 0. The van der Waals surface area contributed by atoms with E-state index in [-0.39, 0.29) is 6.10 Å². The SMILES string of the molecule is CCCCCCCC/C=C\CCCCCCC(O)CN. The smallest absolute Gasteiger partial charge is 0.0662 e. The maximum atomic E-state index is 9.31. The van der Waals surface area contributed by atoms with Crippen molar-refractivity contribution in [3.63, 3.8) is 0 Å². The van der Waals surface area contributed by atoms with E-state index in [1.807, 2.05) is 0 Å². The van der Waals surface area contributed by atoms with Gasteiger partial charge >= 0.3 is 0 Å². The first-order valence-corrected chi connectivity index (χ1v) is 8.84. The van der Waals surface area contributed by atoms with Gasteiger partial charge in [-0.3, -0.25) is 0 Å². The van der Waals surface area contributed by atoms with Crippen molar-refractivity contribution in [3.05, 3.63) is 12.2 Å². The standard InChI is InChI=1S/C18H37NO/c1-2-3-4-5-6-7-8-9-10-11-12-13-14-15-16-18(20)17-19/h9-10,18,20H,2-8,11-17,19H2,1H3/b10-9-. The predicted octanol–water partition coefficient (Wildman–Crippen LogP) is 4.95. The Morgan fingerprint density at radius 3 is 1.85 bits per heavy atom. The summed E-state index contributed by atoms with van der Waals surface area (Å²) in [5.74, 6) is 0. The fourth-order valence-electron chi connectivity index (χ4n) is 2.39. The maximum Gasteiger partial charge on any atom is 0.0662 e. The fourth-order valence-corrected chi connectivity index (χ4v) is 2.39. The number of aliphatic hydroxyl groups is 1. The van der Waals surface area contributed by atoms with Gasteiger partial charge in [0.15, 0.2) is 0 Å². The van der Waals surface area contributed by atoms with Crippen LogP contribution in [0.4, 0.5) is 0 Å². The van der Waals surface area contributed by atoms with Crippen LogP contribution in [0, 0.1) is 0 Å². The summed E-state index contributed by atoms with van der Waals surface area (Å²) >= 11 is 0. The lowest BCUT2D eigenvalue weighted by molar-refractivity contribution is 0.168. The summed E-state index contributed by atoms with van der Waals surface area (Å²) in [6.07, 6.45) is 21.0. The number of nitrogens with two attached hydrogens (primary N) is 1. The molecule has 120 valence electrons. The van der Waals surface area contributed by atoms with Gasteiger partial charge in [0.25, 0.3) is 0 Å². The van der Waals surface area contributed by atoms with Crippen LogP contribution in [0.5, 0.6) is 0 Å². The van der Waals surface area contributed by atoms with Crippen molar-refractivity contribution in [2.45, 2.75) is 96.5 Å². The Kier molecular flexibility index (Phi) is 16.4. The third-order valence-electron chi connectivity index (χ3n) is 3.82. The van der Waals surface area contributed by atoms with Crippen LogP contribution in [0.15, 0.2) is 12.2 Å². The number of allylic oxidation sites excluding steroid dienone is 2. The van der Waals surface area contributed by atoms with Crippen LogP contribution in [0.3, 0.4) is 0 Å². The lowest BCUT2D eigenvalue weighted by Gasteiger charge is -2.06. The molecule has 1 atom stereocenters. The van der Waals surface area contributed by atoms with Gasteiger partial charge in [0.2, 0.25) is 0 Å². The average Bonchev–Trinajstić information content (AvgIpc) is 2.47. The lowest BCUT2D eigenvalue weighted by Crippen LogP contribution is -2.19. The molecule has 0 rings (SSSR count). The van der Waals surface area contributed by atoms with Crippen molar-refractivity contribution in [2.75, 3.05) is 6.54 Å². The van der Waals surface area contributed by atoms with E-state index in [9.17, 15) is 5.11 Å². The summed E-state index contributed by atoms with van der Waals surface area (Å²) in [4.78, 5) is 0. The van der Waals surface area contributed by atoms with Gasteiger partial charge < -0.3 is 10.8 Å². The van der Waals surface area contributed by atoms with Gasteiger partial charge in [-0.05, 0) is 32.1 Å². The molecule has 0 aromatic rings. The monoisotopic (exact) mass is 283 g/mol. The van der Waals surface area contributed by atoms with Crippen molar-refractivity contribution in [3.8, 4) is 0 Å². The minimum absolute atomic E-state index is 0.285. The normalized spacial score (nSPS) is 13.2. The van der Waals surface area contributed by atoms with Gasteiger partial charge in [-0.2, -0.15) is 0 Å². The molecule has 0 radical (unpaired) electrons. The van der Waals surface area contributed by atoms with Crippen molar-refractivity contribution in [1.82, 2.24) is 0 Å². The molecule has 0 bridgehead atoms. The third-order valence-corrected chi connectivity index (χ3v) is 3.82. The largest absolute Gasteiger partial charge is 0.392 e. The molecule has 0 aromatic carbocycles. The molecule has 2 heteroatoms. The first-order chi connectivity index (χ1) is 9.81. The first-order valence-electron chi connectivity index (χ1n) is 8.84. The highest BCUT2D eigenvalue weighted by Crippen LogP contribution is 2.09. The minimum atomic E-state index is -0.285. The Bertz CT molecular complexity index is 204. The van der Waals surface area contributed by atoms with Gasteiger partial charge in [-0.1, -0.05) is 70.4 Å². The number of rotatable bonds is 15. The Morgan fingerprint density at radius 2 is 1.30 bits per heavy atom. The zero-order chi connectivity index (χ0) is 14.9. The van der Waals surface area contributed by atoms with Gasteiger partial charge in [0, 0.05) is 6.54 Å². The molecule has 3 N–H and O–H groups in total. The fraction of sp³-hybridized carbons (Fsp3) is 0.889. The van der Waals surface area contributed by atoms with Crippen molar-refractivity contribution in [2.24, 2.45) is 5.73 Å². The third kappa shape index (κ3) is 15.7. The second-order valence-electron chi connectivity index (χ2n) is 5.91. The summed E-state index contributed by atoms with van der Waals surface area (Å²) in [6.45, 7) is 2.67. The summed E-state index contributed by atoms with van der Waals surface area (Å²) < 4.78 is 0. The molecule has 0 saturated heterocycles. The molecule has 0 fully saturated rings. The number of hydrogen-bond donors (Lipinski definition) is 2. The molecule has 0 aromatic heterocycles. The van der Waals surface area contributed by atoms with Crippen molar-refractivity contribution >= 4 is 0 Å². The summed E-state index contributed by atoms with van der Waals surface area (Å²) in [5.41, 5.74) is 5.37. The Morgan fingerprint density at radius 1 is 0.800 bits per heavy atom. The second-order valence-corrected chi connectivity index (χ2v) is 5.91. The molecule has 0 aliphatic carbocycles. The number of hydrogen-bond acceptors (Lipinski definition) is 2. The van der Waals surface area contributed by atoms with Crippen LogP contribution in [-0.2, 0) is 0 Å². The van der Waals surface area contributed by atoms with E-state index < -0.39 is 0 Å². The van der Waals surface area contributed by atoms with Gasteiger partial charge in [-0.25, -0.2) is 0 Å². The maximum absolute atomic E-state index is 9.31. The van der Waals surface area contributed by atoms with Gasteiger partial charge in [0.1, 0.15) is 0 Å². The highest BCUT2D eigenvalue weighted by molar-refractivity contribution is 4.81. The van der Waals surface area contributed by atoms with Crippen LogP contribution >= 0.6 is 0 Å². The molecule has 2 nitrogen and oxygen atoms in total. The number of unbranched alkanes of at least 4 members (excludes halogenated alkanes) is 10. The quantitative estimate of drug-likeness (QED) is 0.330. The zero-order valence-electron chi connectivity index (χ0n) is 13.7. The van der Waals surface area contributed by atoms with Crippen molar-refractivity contribution in [1.29, 1.82) is 0 Å². The van der Waals surface area contributed by atoms with E-state index in [0.717, 1.165) is 12.8 Å². The molecule has 0 aliphatic heterocycles. The highest BCUT2D eigenvalue weighted by Gasteiger charge is 1.99. The van der Waals surface area contributed by atoms with Crippen LogP contribution in [0.25, 0.3) is 0 Å². The minimum Gasteiger partial charge on any atom is -0.392 e. The van der Waals surface area contributed by atoms with Crippen LogP contribution in [0.2, 0.25) is 0 Å². The topological polar surface area (TPSA) is 46.2 Å². The molecule has 0 heterocycles. The van der Waals surface area contributed by atoms with Gasteiger partial charge in [-0.15, -0.1) is 0 Å². The van der Waals surface area contributed by atoms with E-state index in [0.29, 0.717) is 6.54 Å². The molecule has 0 aliphatic rings. The van der Waals surface area contributed by atoms with Crippen LogP contribution in [-0.4, -0.2) is 17.8 Å². The molecule has 0 spiro atoms. The predicted molar refractivity (Wildman–Crippen MR) is 89.9 cm³/mol. The number of aliphatic hydroxyl groups excluding tert-OH is 1. The van der Waals surface area contributed by atoms with E-state index in [2.05, 4.69) is 19.1 Å². The van der Waals surface area contributed by atoms with Gasteiger partial charge in [0.05, 0.1) is 6.10 Å². The highest BCUT2D eigenvalue weighted by atomic mass is 16.3.